The van der Waals surface area contributed by atoms with Crippen LogP contribution in [0.4, 0.5) is 11.4 Å². The number of aliphatic hydroxyl groups excluding tert-OH is 1. The first-order valence-corrected chi connectivity index (χ1v) is 6.14. The van der Waals surface area contributed by atoms with E-state index >= 15 is 0 Å². The number of piperidine rings is 1. The summed E-state index contributed by atoms with van der Waals surface area (Å²) in [4.78, 5) is 12.4. The molecule has 0 bridgehead atoms. The Hall–Kier alpha value is -2.13. The van der Waals surface area contributed by atoms with E-state index in [-0.39, 0.29) is 17.2 Å². The van der Waals surface area contributed by atoms with Gasteiger partial charge in [0.2, 0.25) is 0 Å². The third-order valence-corrected chi connectivity index (χ3v) is 3.56. The van der Waals surface area contributed by atoms with E-state index in [1.165, 1.54) is 6.07 Å². The van der Waals surface area contributed by atoms with Gasteiger partial charge in [0.25, 0.3) is 5.69 Å². The molecule has 2 unspecified atom stereocenters. The molecular formula is C13H15N3O3. The maximum absolute atomic E-state index is 11.1. The van der Waals surface area contributed by atoms with Crippen LogP contribution in [0.25, 0.3) is 0 Å². The fourth-order valence-corrected chi connectivity index (χ4v) is 2.27. The predicted octanol–water partition coefficient (Wildman–Crippen LogP) is 1.67. The van der Waals surface area contributed by atoms with Crippen molar-refractivity contribution in [2.45, 2.75) is 19.4 Å². The zero-order chi connectivity index (χ0) is 14.0. The van der Waals surface area contributed by atoms with E-state index in [0.717, 1.165) is 6.42 Å². The maximum Gasteiger partial charge on any atom is 0.293 e. The van der Waals surface area contributed by atoms with Crippen LogP contribution < -0.4 is 4.90 Å². The van der Waals surface area contributed by atoms with Crippen molar-refractivity contribution in [2.75, 3.05) is 18.0 Å². The number of hydrogen-bond donors (Lipinski definition) is 1. The highest BCUT2D eigenvalue weighted by molar-refractivity contribution is 5.65. The highest BCUT2D eigenvalue weighted by Gasteiger charge is 2.28. The summed E-state index contributed by atoms with van der Waals surface area (Å²) < 4.78 is 0. The Morgan fingerprint density at radius 3 is 2.89 bits per heavy atom. The quantitative estimate of drug-likeness (QED) is 0.646. The Balaban J connectivity index is 2.34. The average Bonchev–Trinajstić information content (AvgIpc) is 2.41. The Morgan fingerprint density at radius 1 is 1.58 bits per heavy atom. The molecule has 0 saturated carbocycles. The van der Waals surface area contributed by atoms with Crippen LogP contribution in [-0.4, -0.2) is 29.2 Å². The summed E-state index contributed by atoms with van der Waals surface area (Å²) in [6, 6.07) is 6.32. The topological polar surface area (TPSA) is 90.4 Å². The van der Waals surface area contributed by atoms with Crippen LogP contribution in [0.15, 0.2) is 18.2 Å². The molecule has 0 amide bonds. The summed E-state index contributed by atoms with van der Waals surface area (Å²) >= 11 is 0. The molecule has 1 N–H and O–H groups in total. The minimum Gasteiger partial charge on any atom is -0.391 e. The molecule has 2 atom stereocenters. The number of benzene rings is 1. The number of nitro groups is 1. The smallest absolute Gasteiger partial charge is 0.293 e. The van der Waals surface area contributed by atoms with Gasteiger partial charge in [0.05, 0.1) is 22.7 Å². The zero-order valence-corrected chi connectivity index (χ0v) is 10.6. The lowest BCUT2D eigenvalue weighted by atomic mass is 9.95. The summed E-state index contributed by atoms with van der Waals surface area (Å²) in [6.07, 6.45) is 0.308. The van der Waals surface area contributed by atoms with E-state index in [1.54, 1.807) is 12.1 Å². The predicted molar refractivity (Wildman–Crippen MR) is 69.8 cm³/mol. The molecule has 1 aliphatic heterocycles. The van der Waals surface area contributed by atoms with Gasteiger partial charge in [-0.3, -0.25) is 10.1 Å². The Morgan fingerprint density at radius 2 is 2.32 bits per heavy atom. The molecule has 1 heterocycles. The molecule has 0 spiro atoms. The van der Waals surface area contributed by atoms with Gasteiger partial charge in [-0.05, 0) is 24.5 Å². The van der Waals surface area contributed by atoms with Gasteiger partial charge < -0.3 is 10.0 Å². The fraction of sp³-hybridized carbons (Fsp3) is 0.462. The van der Waals surface area contributed by atoms with Gasteiger partial charge in [-0.25, -0.2) is 0 Å². The molecule has 100 valence electrons. The van der Waals surface area contributed by atoms with Gasteiger partial charge in [-0.2, -0.15) is 5.26 Å². The molecular weight excluding hydrogens is 246 g/mol. The summed E-state index contributed by atoms with van der Waals surface area (Å²) in [7, 11) is 0. The maximum atomic E-state index is 11.1. The standard InChI is InChI=1S/C13H15N3O3/c1-9-4-5-15(8-13(9)17)11-3-2-10(7-14)6-12(11)16(18)19/h2-3,6,9,13,17H,4-5,8H2,1H3. The third kappa shape index (κ3) is 2.66. The summed E-state index contributed by atoms with van der Waals surface area (Å²) in [5.41, 5.74) is 0.650. The minimum absolute atomic E-state index is 0.0826. The first-order chi connectivity index (χ1) is 9.02. The van der Waals surface area contributed by atoms with Crippen molar-refractivity contribution in [3.63, 3.8) is 0 Å². The summed E-state index contributed by atoms with van der Waals surface area (Å²) in [6.45, 7) is 3.02. The molecule has 1 aliphatic rings. The molecule has 6 nitrogen and oxygen atoms in total. The van der Waals surface area contributed by atoms with Crippen molar-refractivity contribution >= 4 is 11.4 Å². The fourth-order valence-electron chi connectivity index (χ4n) is 2.27. The SMILES string of the molecule is CC1CCN(c2ccc(C#N)cc2[N+](=O)[O-])CC1O. The van der Waals surface area contributed by atoms with E-state index < -0.39 is 11.0 Å². The van der Waals surface area contributed by atoms with Gasteiger partial charge in [0, 0.05) is 19.2 Å². The highest BCUT2D eigenvalue weighted by Crippen LogP contribution is 2.32. The van der Waals surface area contributed by atoms with E-state index in [9.17, 15) is 15.2 Å². The summed E-state index contributed by atoms with van der Waals surface area (Å²) in [5.74, 6) is 0.202. The van der Waals surface area contributed by atoms with E-state index in [0.29, 0.717) is 18.8 Å². The van der Waals surface area contributed by atoms with Crippen molar-refractivity contribution < 1.29 is 10.0 Å². The minimum atomic E-state index is -0.486. The lowest BCUT2D eigenvalue weighted by molar-refractivity contribution is -0.384. The second-order valence-corrected chi connectivity index (χ2v) is 4.85. The number of β-amino-alcohol motifs (C(OH)–C–C–N with tert-alkyl or cyclic N) is 1. The number of nitriles is 1. The van der Waals surface area contributed by atoms with E-state index in [2.05, 4.69) is 0 Å². The van der Waals surface area contributed by atoms with E-state index in [1.807, 2.05) is 17.9 Å². The van der Waals surface area contributed by atoms with Crippen molar-refractivity contribution in [2.24, 2.45) is 5.92 Å². The van der Waals surface area contributed by atoms with Gasteiger partial charge in [-0.1, -0.05) is 6.92 Å². The largest absolute Gasteiger partial charge is 0.391 e. The number of nitrogens with zero attached hydrogens (tertiary/aromatic N) is 3. The van der Waals surface area contributed by atoms with Crippen molar-refractivity contribution in [3.8, 4) is 6.07 Å². The van der Waals surface area contributed by atoms with Crippen molar-refractivity contribution in [1.82, 2.24) is 0 Å². The first-order valence-electron chi connectivity index (χ1n) is 6.14. The Labute approximate surface area is 111 Å². The first kappa shape index (κ1) is 13.3. The highest BCUT2D eigenvalue weighted by atomic mass is 16.6. The number of rotatable bonds is 2. The molecule has 1 aromatic rings. The number of hydrogen-bond acceptors (Lipinski definition) is 5. The second-order valence-electron chi connectivity index (χ2n) is 4.85. The second kappa shape index (κ2) is 5.24. The number of nitro benzene ring substituents is 1. The molecule has 0 radical (unpaired) electrons. The van der Waals surface area contributed by atoms with Crippen LogP contribution in [0.5, 0.6) is 0 Å². The van der Waals surface area contributed by atoms with Gasteiger partial charge in [0.1, 0.15) is 5.69 Å². The van der Waals surface area contributed by atoms with Crippen LogP contribution in [0.1, 0.15) is 18.9 Å². The molecule has 2 rings (SSSR count). The molecule has 0 aliphatic carbocycles. The molecule has 6 heteroatoms. The van der Waals surface area contributed by atoms with Crippen LogP contribution in [0.2, 0.25) is 0 Å². The lowest BCUT2D eigenvalue weighted by Gasteiger charge is -2.35. The van der Waals surface area contributed by atoms with Crippen LogP contribution in [0, 0.1) is 27.4 Å². The molecule has 19 heavy (non-hydrogen) atoms. The van der Waals surface area contributed by atoms with Gasteiger partial charge in [-0.15, -0.1) is 0 Å². The summed E-state index contributed by atoms with van der Waals surface area (Å²) in [5, 5.41) is 29.8. The lowest BCUT2D eigenvalue weighted by Crippen LogP contribution is -2.43. The monoisotopic (exact) mass is 261 g/mol. The van der Waals surface area contributed by atoms with Crippen molar-refractivity contribution in [3.05, 3.63) is 33.9 Å². The van der Waals surface area contributed by atoms with E-state index in [4.69, 9.17) is 5.26 Å². The molecule has 1 fully saturated rings. The zero-order valence-electron chi connectivity index (χ0n) is 10.6. The molecule has 1 aromatic carbocycles. The van der Waals surface area contributed by atoms with Crippen LogP contribution in [0.3, 0.4) is 0 Å². The Kier molecular flexibility index (Phi) is 3.67. The number of anilines is 1. The Bertz CT molecular complexity index is 538. The van der Waals surface area contributed by atoms with Gasteiger partial charge >= 0.3 is 0 Å². The van der Waals surface area contributed by atoms with Crippen LogP contribution in [-0.2, 0) is 0 Å². The van der Waals surface area contributed by atoms with Crippen LogP contribution >= 0.6 is 0 Å². The normalized spacial score (nSPS) is 22.9. The number of aliphatic hydroxyl groups is 1. The third-order valence-electron chi connectivity index (χ3n) is 3.56. The average molecular weight is 261 g/mol. The van der Waals surface area contributed by atoms with Gasteiger partial charge in [0.15, 0.2) is 0 Å². The molecule has 0 aromatic heterocycles. The molecule has 1 saturated heterocycles. The van der Waals surface area contributed by atoms with Crippen molar-refractivity contribution in [1.29, 1.82) is 5.26 Å².